The Morgan fingerprint density at radius 2 is 1.84 bits per heavy atom. The lowest BCUT2D eigenvalue weighted by Gasteiger charge is -2.34. The van der Waals surface area contributed by atoms with Crippen LogP contribution in [-0.2, 0) is 9.59 Å². The number of nitrogens with one attached hydrogen (secondary N) is 3. The van der Waals surface area contributed by atoms with E-state index in [-0.39, 0.29) is 52.2 Å². The van der Waals surface area contributed by atoms with Gasteiger partial charge in [-0.05, 0) is 81.6 Å². The molecule has 5 atom stereocenters. The number of halogens is 2. The Morgan fingerprint density at radius 1 is 1.11 bits per heavy atom. The van der Waals surface area contributed by atoms with E-state index >= 15 is 0 Å². The molecular weight excluding hydrogens is 547 g/mol. The number of carbonyl (C=O) groups is 2. The fourth-order valence-corrected chi connectivity index (χ4v) is 8.72. The van der Waals surface area contributed by atoms with E-state index in [1.54, 1.807) is 0 Å². The SMILES string of the molecule is CC1=C(C(=O)NC2CCC(Cl)CC2)C(C2CCSC2)C(C#N)=C(SCC(=O)NC2CCC(C)C(Cl)C2)N1. The third kappa shape index (κ3) is 7.35. The van der Waals surface area contributed by atoms with Crippen molar-refractivity contribution in [1.29, 1.82) is 5.26 Å². The van der Waals surface area contributed by atoms with Crippen molar-refractivity contribution in [2.45, 2.75) is 88.1 Å². The number of rotatable bonds is 7. The van der Waals surface area contributed by atoms with Crippen molar-refractivity contribution >= 4 is 58.5 Å². The number of hydrogen-bond acceptors (Lipinski definition) is 6. The predicted octanol–water partition coefficient (Wildman–Crippen LogP) is 5.28. The molecule has 2 saturated carbocycles. The lowest BCUT2D eigenvalue weighted by molar-refractivity contribution is -0.120. The molecule has 2 aliphatic heterocycles. The van der Waals surface area contributed by atoms with E-state index in [0.717, 1.165) is 68.6 Å². The average Bonchev–Trinajstić information content (AvgIpc) is 3.40. The summed E-state index contributed by atoms with van der Waals surface area (Å²) in [5, 5.41) is 20.9. The van der Waals surface area contributed by atoms with E-state index in [1.807, 2.05) is 18.7 Å². The molecule has 0 spiro atoms. The molecule has 3 fully saturated rings. The molecule has 204 valence electrons. The first kappa shape index (κ1) is 29.0. The van der Waals surface area contributed by atoms with Crippen LogP contribution in [0.15, 0.2) is 21.9 Å². The Hall–Kier alpha value is -1.01. The van der Waals surface area contributed by atoms with Gasteiger partial charge in [0.1, 0.15) is 0 Å². The van der Waals surface area contributed by atoms with E-state index in [4.69, 9.17) is 23.2 Å². The smallest absolute Gasteiger partial charge is 0.249 e. The van der Waals surface area contributed by atoms with Crippen LogP contribution in [-0.4, -0.2) is 51.9 Å². The second kappa shape index (κ2) is 13.4. The highest BCUT2D eigenvalue weighted by Gasteiger charge is 2.40. The van der Waals surface area contributed by atoms with Crippen LogP contribution < -0.4 is 16.0 Å². The number of nitriles is 1. The number of hydrogen-bond donors (Lipinski definition) is 3. The topological polar surface area (TPSA) is 94.0 Å². The molecule has 3 N–H and O–H groups in total. The van der Waals surface area contributed by atoms with E-state index in [0.29, 0.717) is 22.1 Å². The quantitative estimate of drug-likeness (QED) is 0.352. The molecule has 0 radical (unpaired) electrons. The first-order chi connectivity index (χ1) is 17.8. The molecule has 0 aromatic rings. The van der Waals surface area contributed by atoms with Crippen molar-refractivity contribution < 1.29 is 9.59 Å². The lowest BCUT2D eigenvalue weighted by Crippen LogP contribution is -2.43. The number of alkyl halides is 2. The number of amides is 2. The summed E-state index contributed by atoms with van der Waals surface area (Å²) < 4.78 is 0. The van der Waals surface area contributed by atoms with Crippen LogP contribution in [0.5, 0.6) is 0 Å². The molecule has 4 rings (SSSR count). The van der Waals surface area contributed by atoms with Gasteiger partial charge in [-0.3, -0.25) is 9.59 Å². The maximum atomic E-state index is 13.6. The lowest BCUT2D eigenvalue weighted by atomic mass is 9.77. The minimum absolute atomic E-state index is 0.0481. The number of dihydropyridines is 1. The number of thioether (sulfide) groups is 2. The van der Waals surface area contributed by atoms with Crippen LogP contribution >= 0.6 is 46.7 Å². The first-order valence-electron chi connectivity index (χ1n) is 13.5. The van der Waals surface area contributed by atoms with Crippen molar-refractivity contribution in [1.82, 2.24) is 16.0 Å². The van der Waals surface area contributed by atoms with E-state index in [1.165, 1.54) is 11.8 Å². The fraction of sp³-hybridized carbons (Fsp3) is 0.741. The van der Waals surface area contributed by atoms with Gasteiger partial charge in [0.2, 0.25) is 11.8 Å². The third-order valence-corrected chi connectivity index (χ3v) is 11.4. The zero-order chi connectivity index (χ0) is 26.5. The molecular formula is C27H38Cl2N4O2S2. The summed E-state index contributed by atoms with van der Waals surface area (Å²) in [6.07, 6.45) is 7.29. The highest BCUT2D eigenvalue weighted by atomic mass is 35.5. The molecule has 1 saturated heterocycles. The molecule has 2 amide bonds. The van der Waals surface area contributed by atoms with Crippen LogP contribution in [0.1, 0.15) is 65.2 Å². The number of nitrogens with zero attached hydrogens (tertiary/aromatic N) is 1. The summed E-state index contributed by atoms with van der Waals surface area (Å²) in [5.74, 6) is 2.49. The second-order valence-electron chi connectivity index (χ2n) is 10.9. The zero-order valence-corrected chi connectivity index (χ0v) is 24.8. The molecule has 0 bridgehead atoms. The van der Waals surface area contributed by atoms with E-state index in [2.05, 4.69) is 28.9 Å². The van der Waals surface area contributed by atoms with Gasteiger partial charge in [0.25, 0.3) is 0 Å². The Labute approximate surface area is 239 Å². The molecule has 4 aliphatic rings. The highest BCUT2D eigenvalue weighted by molar-refractivity contribution is 8.03. The molecule has 2 heterocycles. The Morgan fingerprint density at radius 3 is 2.49 bits per heavy atom. The summed E-state index contributed by atoms with van der Waals surface area (Å²) in [6, 6.07) is 2.64. The normalized spacial score (nSPS) is 34.5. The van der Waals surface area contributed by atoms with Crippen molar-refractivity contribution in [3.8, 4) is 6.07 Å². The van der Waals surface area contributed by atoms with Gasteiger partial charge in [-0.1, -0.05) is 18.7 Å². The second-order valence-corrected chi connectivity index (χ2v) is 14.2. The molecule has 5 unspecified atom stereocenters. The van der Waals surface area contributed by atoms with Gasteiger partial charge >= 0.3 is 0 Å². The summed E-state index contributed by atoms with van der Waals surface area (Å²) >= 11 is 15.9. The summed E-state index contributed by atoms with van der Waals surface area (Å²) in [4.78, 5) is 26.3. The Balaban J connectivity index is 1.45. The number of carbonyl (C=O) groups excluding carboxylic acids is 2. The molecule has 0 aromatic heterocycles. The monoisotopic (exact) mass is 584 g/mol. The zero-order valence-electron chi connectivity index (χ0n) is 21.7. The summed E-state index contributed by atoms with van der Waals surface area (Å²) in [5.41, 5.74) is 2.03. The van der Waals surface area contributed by atoms with E-state index < -0.39 is 0 Å². The minimum Gasteiger partial charge on any atom is -0.353 e. The van der Waals surface area contributed by atoms with Crippen LogP contribution in [0.2, 0.25) is 0 Å². The van der Waals surface area contributed by atoms with Gasteiger partial charge in [0.05, 0.1) is 22.4 Å². The molecule has 0 aromatic carbocycles. The maximum absolute atomic E-state index is 13.6. The summed E-state index contributed by atoms with van der Waals surface area (Å²) in [7, 11) is 0. The van der Waals surface area contributed by atoms with Crippen molar-refractivity contribution in [3.63, 3.8) is 0 Å². The largest absolute Gasteiger partial charge is 0.353 e. The fourth-order valence-electron chi connectivity index (χ4n) is 5.92. The minimum atomic E-state index is -0.256. The van der Waals surface area contributed by atoms with Crippen molar-refractivity contribution in [2.24, 2.45) is 17.8 Å². The molecule has 37 heavy (non-hydrogen) atoms. The molecule has 10 heteroatoms. The maximum Gasteiger partial charge on any atom is 0.249 e. The summed E-state index contributed by atoms with van der Waals surface area (Å²) in [6.45, 7) is 4.07. The van der Waals surface area contributed by atoms with Crippen LogP contribution in [0.4, 0.5) is 0 Å². The van der Waals surface area contributed by atoms with Crippen molar-refractivity contribution in [2.75, 3.05) is 17.3 Å². The molecule has 6 nitrogen and oxygen atoms in total. The van der Waals surface area contributed by atoms with Gasteiger partial charge in [0, 0.05) is 40.0 Å². The van der Waals surface area contributed by atoms with Crippen LogP contribution in [0.25, 0.3) is 0 Å². The Bertz CT molecular complexity index is 968. The van der Waals surface area contributed by atoms with Crippen LogP contribution in [0.3, 0.4) is 0 Å². The predicted molar refractivity (Wildman–Crippen MR) is 154 cm³/mol. The first-order valence-corrected chi connectivity index (χ1v) is 16.5. The third-order valence-electron chi connectivity index (χ3n) is 8.18. The van der Waals surface area contributed by atoms with Gasteiger partial charge in [-0.15, -0.1) is 23.2 Å². The van der Waals surface area contributed by atoms with Gasteiger partial charge in [-0.25, -0.2) is 0 Å². The Kier molecular flexibility index (Phi) is 10.5. The standard InChI is InChI=1S/C27H38Cl2N4O2S2/c1-15-3-6-20(11-22(15)29)32-23(34)14-37-27-21(12-30)25(17-9-10-36-13-17)24(16(2)31-27)26(35)33-19-7-4-18(28)5-8-19/h15,17-20,22,25,31H,3-11,13-14H2,1-2H3,(H,32,34)(H,33,35). The van der Waals surface area contributed by atoms with Crippen LogP contribution in [0, 0.1) is 29.1 Å². The molecule has 2 aliphatic carbocycles. The van der Waals surface area contributed by atoms with Gasteiger partial charge < -0.3 is 16.0 Å². The number of allylic oxidation sites excluding steroid dienone is 2. The highest BCUT2D eigenvalue weighted by Crippen LogP contribution is 2.43. The van der Waals surface area contributed by atoms with Gasteiger partial charge in [-0.2, -0.15) is 17.0 Å². The van der Waals surface area contributed by atoms with E-state index in [9.17, 15) is 14.9 Å². The van der Waals surface area contributed by atoms with Crippen molar-refractivity contribution in [3.05, 3.63) is 21.9 Å². The van der Waals surface area contributed by atoms with Gasteiger partial charge in [0.15, 0.2) is 0 Å². The average molecular weight is 586 g/mol.